The van der Waals surface area contributed by atoms with Gasteiger partial charge in [-0.3, -0.25) is 14.5 Å². The molecule has 4 amide bonds. The highest BCUT2D eigenvalue weighted by Gasteiger charge is 2.26. The van der Waals surface area contributed by atoms with Crippen molar-refractivity contribution in [3.63, 3.8) is 0 Å². The zero-order valence-electron chi connectivity index (χ0n) is 11.8. The van der Waals surface area contributed by atoms with Crippen LogP contribution in [-0.2, 0) is 9.59 Å². The molecule has 0 aromatic rings. The van der Waals surface area contributed by atoms with Gasteiger partial charge < -0.3 is 10.2 Å². The van der Waals surface area contributed by atoms with E-state index in [4.69, 9.17) is 0 Å². The summed E-state index contributed by atoms with van der Waals surface area (Å²) in [6, 6.07) is 0.0113. The van der Waals surface area contributed by atoms with Gasteiger partial charge in [0.2, 0.25) is 0 Å². The standard InChI is InChI=1S/C14H21N3O3/c1-11-9-16(10-11)14(20)15-7-3-2-4-8-17-12(18)5-6-13(17)19/h5-6,11H,2-4,7-10H2,1H3,(H,15,20). The van der Waals surface area contributed by atoms with Crippen molar-refractivity contribution in [3.05, 3.63) is 12.2 Å². The molecular formula is C14H21N3O3. The zero-order valence-corrected chi connectivity index (χ0v) is 11.8. The molecule has 0 aromatic carbocycles. The van der Waals surface area contributed by atoms with Crippen LogP contribution in [0.2, 0.25) is 0 Å². The highest BCUT2D eigenvalue weighted by atomic mass is 16.2. The van der Waals surface area contributed by atoms with Gasteiger partial charge in [-0.2, -0.15) is 0 Å². The number of hydrogen-bond donors (Lipinski definition) is 1. The summed E-state index contributed by atoms with van der Waals surface area (Å²) in [6.07, 6.45) is 5.12. The number of carbonyl (C=O) groups is 3. The smallest absolute Gasteiger partial charge is 0.317 e. The van der Waals surface area contributed by atoms with Gasteiger partial charge >= 0.3 is 6.03 Å². The average molecular weight is 279 g/mol. The molecular weight excluding hydrogens is 258 g/mol. The Kier molecular flexibility index (Phi) is 4.76. The van der Waals surface area contributed by atoms with Crippen LogP contribution in [-0.4, -0.2) is 53.8 Å². The molecule has 0 saturated carbocycles. The summed E-state index contributed by atoms with van der Waals surface area (Å²) >= 11 is 0. The van der Waals surface area contributed by atoms with E-state index in [2.05, 4.69) is 12.2 Å². The molecule has 0 spiro atoms. The third-order valence-electron chi connectivity index (χ3n) is 3.59. The van der Waals surface area contributed by atoms with E-state index in [-0.39, 0.29) is 17.8 Å². The summed E-state index contributed by atoms with van der Waals surface area (Å²) < 4.78 is 0. The maximum atomic E-state index is 11.6. The minimum absolute atomic E-state index is 0.0113. The normalized spacial score (nSPS) is 18.6. The molecule has 6 heteroatoms. The Labute approximate surface area is 118 Å². The number of unbranched alkanes of at least 4 members (excludes halogenated alkanes) is 2. The Bertz CT molecular complexity index is 409. The van der Waals surface area contributed by atoms with Crippen molar-refractivity contribution in [1.82, 2.24) is 15.1 Å². The molecule has 1 N–H and O–H groups in total. The summed E-state index contributed by atoms with van der Waals surface area (Å²) in [7, 11) is 0. The zero-order chi connectivity index (χ0) is 14.5. The predicted octanol–water partition coefficient (Wildman–Crippen LogP) is 0.743. The number of urea groups is 1. The molecule has 0 radical (unpaired) electrons. The lowest BCUT2D eigenvalue weighted by Gasteiger charge is -2.37. The Hall–Kier alpha value is -1.85. The van der Waals surface area contributed by atoms with Crippen LogP contribution in [0, 0.1) is 5.92 Å². The van der Waals surface area contributed by atoms with Gasteiger partial charge in [0.15, 0.2) is 0 Å². The molecule has 1 fully saturated rings. The van der Waals surface area contributed by atoms with Gasteiger partial charge in [0, 0.05) is 38.3 Å². The lowest BCUT2D eigenvalue weighted by atomic mass is 10.0. The van der Waals surface area contributed by atoms with E-state index in [9.17, 15) is 14.4 Å². The molecule has 110 valence electrons. The molecule has 0 bridgehead atoms. The monoisotopic (exact) mass is 279 g/mol. The molecule has 0 unspecified atom stereocenters. The summed E-state index contributed by atoms with van der Waals surface area (Å²) in [4.78, 5) is 37.2. The second kappa shape index (κ2) is 6.54. The summed E-state index contributed by atoms with van der Waals surface area (Å²) in [6.45, 7) is 4.92. The van der Waals surface area contributed by atoms with Crippen molar-refractivity contribution < 1.29 is 14.4 Å². The second-order valence-corrected chi connectivity index (χ2v) is 5.46. The molecule has 2 aliphatic heterocycles. The van der Waals surface area contributed by atoms with Gasteiger partial charge in [-0.15, -0.1) is 0 Å². The fourth-order valence-corrected chi connectivity index (χ4v) is 2.40. The summed E-state index contributed by atoms with van der Waals surface area (Å²) in [5, 5.41) is 2.88. The molecule has 2 rings (SSSR count). The fraction of sp³-hybridized carbons (Fsp3) is 0.643. The average Bonchev–Trinajstić information content (AvgIpc) is 2.70. The van der Waals surface area contributed by atoms with Crippen LogP contribution in [0.15, 0.2) is 12.2 Å². The van der Waals surface area contributed by atoms with Gasteiger partial charge in [-0.05, 0) is 25.2 Å². The number of nitrogens with one attached hydrogen (secondary N) is 1. The van der Waals surface area contributed by atoms with Crippen LogP contribution >= 0.6 is 0 Å². The van der Waals surface area contributed by atoms with Crippen LogP contribution in [0.4, 0.5) is 4.79 Å². The van der Waals surface area contributed by atoms with Crippen molar-refractivity contribution in [1.29, 1.82) is 0 Å². The summed E-state index contributed by atoms with van der Waals surface area (Å²) in [5.41, 5.74) is 0. The lowest BCUT2D eigenvalue weighted by Crippen LogP contribution is -2.52. The third-order valence-corrected chi connectivity index (χ3v) is 3.59. The van der Waals surface area contributed by atoms with Crippen molar-refractivity contribution in [2.45, 2.75) is 26.2 Å². The van der Waals surface area contributed by atoms with Crippen molar-refractivity contribution in [2.75, 3.05) is 26.2 Å². The first-order valence-electron chi connectivity index (χ1n) is 7.14. The minimum Gasteiger partial charge on any atom is -0.338 e. The quantitative estimate of drug-likeness (QED) is 0.576. The SMILES string of the molecule is CC1CN(C(=O)NCCCCCN2C(=O)C=CC2=O)C1. The minimum atomic E-state index is -0.227. The van der Waals surface area contributed by atoms with E-state index >= 15 is 0 Å². The molecule has 2 heterocycles. The van der Waals surface area contributed by atoms with Gasteiger partial charge in [0.1, 0.15) is 0 Å². The van der Waals surface area contributed by atoms with E-state index in [0.29, 0.717) is 19.0 Å². The van der Waals surface area contributed by atoms with Crippen LogP contribution in [0.25, 0.3) is 0 Å². The lowest BCUT2D eigenvalue weighted by molar-refractivity contribution is -0.136. The highest BCUT2D eigenvalue weighted by Crippen LogP contribution is 2.13. The number of rotatable bonds is 6. The number of amides is 4. The maximum absolute atomic E-state index is 11.6. The maximum Gasteiger partial charge on any atom is 0.317 e. The van der Waals surface area contributed by atoms with Gasteiger partial charge in [0.05, 0.1) is 0 Å². The molecule has 0 atom stereocenters. The molecule has 0 aromatic heterocycles. The topological polar surface area (TPSA) is 69.7 Å². The van der Waals surface area contributed by atoms with Crippen molar-refractivity contribution in [3.8, 4) is 0 Å². The van der Waals surface area contributed by atoms with E-state index in [1.165, 1.54) is 17.1 Å². The van der Waals surface area contributed by atoms with Crippen LogP contribution < -0.4 is 5.32 Å². The summed E-state index contributed by atoms with van der Waals surface area (Å²) in [5.74, 6) is 0.162. The predicted molar refractivity (Wildman–Crippen MR) is 73.8 cm³/mol. The fourth-order valence-electron chi connectivity index (χ4n) is 2.40. The van der Waals surface area contributed by atoms with Gasteiger partial charge in [0.25, 0.3) is 11.8 Å². The largest absolute Gasteiger partial charge is 0.338 e. The number of hydrogen-bond acceptors (Lipinski definition) is 3. The first-order chi connectivity index (χ1) is 9.58. The number of nitrogens with zero attached hydrogens (tertiary/aromatic N) is 2. The van der Waals surface area contributed by atoms with E-state index in [1.54, 1.807) is 4.90 Å². The van der Waals surface area contributed by atoms with E-state index in [0.717, 1.165) is 32.4 Å². The van der Waals surface area contributed by atoms with Gasteiger partial charge in [-0.1, -0.05) is 6.92 Å². The van der Waals surface area contributed by atoms with E-state index < -0.39 is 0 Å². The number of likely N-dealkylation sites (tertiary alicyclic amines) is 1. The van der Waals surface area contributed by atoms with Crippen molar-refractivity contribution in [2.24, 2.45) is 5.92 Å². The number of imide groups is 1. The van der Waals surface area contributed by atoms with Crippen LogP contribution in [0.3, 0.4) is 0 Å². The Morgan fingerprint density at radius 2 is 1.85 bits per heavy atom. The first kappa shape index (κ1) is 14.6. The second-order valence-electron chi connectivity index (χ2n) is 5.46. The van der Waals surface area contributed by atoms with Crippen LogP contribution in [0.1, 0.15) is 26.2 Å². The molecule has 2 aliphatic rings. The van der Waals surface area contributed by atoms with Crippen molar-refractivity contribution >= 4 is 17.8 Å². The molecule has 1 saturated heterocycles. The first-order valence-corrected chi connectivity index (χ1v) is 7.14. The Morgan fingerprint density at radius 3 is 2.45 bits per heavy atom. The molecule has 0 aliphatic carbocycles. The highest BCUT2D eigenvalue weighted by molar-refractivity contribution is 6.12. The molecule has 6 nitrogen and oxygen atoms in total. The van der Waals surface area contributed by atoms with Gasteiger partial charge in [-0.25, -0.2) is 4.79 Å². The Morgan fingerprint density at radius 1 is 1.20 bits per heavy atom. The third kappa shape index (κ3) is 3.59. The number of carbonyl (C=O) groups excluding carboxylic acids is 3. The van der Waals surface area contributed by atoms with Crippen LogP contribution in [0.5, 0.6) is 0 Å². The molecule has 20 heavy (non-hydrogen) atoms. The van der Waals surface area contributed by atoms with E-state index in [1.807, 2.05) is 0 Å². The Balaban J connectivity index is 1.49.